The number of amides is 2. The maximum atomic E-state index is 14.1. The average Bonchev–Trinajstić information content (AvgIpc) is 3.45. The Morgan fingerprint density at radius 2 is 2.00 bits per heavy atom. The SMILES string of the molecule is C[C@H]1C[C@H](C(=O)Nc2cccc(Br)n2)N(C(=O)C2Oc3ccccc3-c3cc4c(N)ncnc4n32)C1. The van der Waals surface area contributed by atoms with Crippen molar-refractivity contribution in [2.75, 3.05) is 17.6 Å². The minimum atomic E-state index is -1.05. The van der Waals surface area contributed by atoms with Crippen molar-refractivity contribution in [3.05, 3.63) is 59.5 Å². The Bertz CT molecular complexity index is 1520. The normalized spacial score (nSPS) is 20.5. The van der Waals surface area contributed by atoms with Crippen molar-refractivity contribution in [3.63, 3.8) is 0 Å². The minimum absolute atomic E-state index is 0.134. The second-order valence-corrected chi connectivity index (χ2v) is 9.86. The van der Waals surface area contributed by atoms with Crippen LogP contribution in [0.1, 0.15) is 19.6 Å². The molecule has 3 N–H and O–H groups in total. The van der Waals surface area contributed by atoms with E-state index in [9.17, 15) is 9.59 Å². The highest BCUT2D eigenvalue weighted by atomic mass is 79.9. The molecule has 1 saturated heterocycles. The number of nitrogens with one attached hydrogen (secondary N) is 1. The van der Waals surface area contributed by atoms with E-state index in [2.05, 4.69) is 36.2 Å². The van der Waals surface area contributed by atoms with Crippen LogP contribution in [0, 0.1) is 5.92 Å². The third-order valence-electron chi connectivity index (χ3n) is 6.57. The molecule has 0 spiro atoms. The number of halogens is 1. The molecule has 0 saturated carbocycles. The summed E-state index contributed by atoms with van der Waals surface area (Å²) in [5.41, 5.74) is 8.21. The number of nitrogens with two attached hydrogens (primary N) is 1. The molecule has 2 amide bonds. The fraction of sp³-hybridized carbons (Fsp3) is 0.240. The quantitative estimate of drug-likeness (QED) is 0.375. The van der Waals surface area contributed by atoms with Gasteiger partial charge in [-0.15, -0.1) is 0 Å². The summed E-state index contributed by atoms with van der Waals surface area (Å²) in [6.45, 7) is 2.45. The van der Waals surface area contributed by atoms with Crippen molar-refractivity contribution < 1.29 is 14.3 Å². The summed E-state index contributed by atoms with van der Waals surface area (Å²) in [5, 5.41) is 3.48. The van der Waals surface area contributed by atoms with Crippen molar-refractivity contribution in [2.24, 2.45) is 5.92 Å². The Hall–Kier alpha value is -3.99. The zero-order chi connectivity index (χ0) is 25.0. The van der Waals surface area contributed by atoms with Crippen LogP contribution in [0.2, 0.25) is 0 Å². The number of likely N-dealkylation sites (tertiary alicyclic amines) is 1. The number of nitrogen functional groups attached to an aromatic ring is 1. The number of para-hydroxylation sites is 1. The molecule has 6 rings (SSSR count). The lowest BCUT2D eigenvalue weighted by atomic mass is 10.1. The number of pyridine rings is 1. The third-order valence-corrected chi connectivity index (χ3v) is 7.01. The van der Waals surface area contributed by atoms with Gasteiger partial charge in [0.25, 0.3) is 12.1 Å². The fourth-order valence-electron chi connectivity index (χ4n) is 4.98. The van der Waals surface area contributed by atoms with Crippen molar-refractivity contribution in [3.8, 4) is 17.0 Å². The highest BCUT2D eigenvalue weighted by molar-refractivity contribution is 9.10. The summed E-state index contributed by atoms with van der Waals surface area (Å²) in [5.74, 6) is 0.819. The van der Waals surface area contributed by atoms with Crippen LogP contribution in [-0.2, 0) is 9.59 Å². The smallest absolute Gasteiger partial charge is 0.286 e. The Morgan fingerprint density at radius 3 is 2.83 bits per heavy atom. The summed E-state index contributed by atoms with van der Waals surface area (Å²) >= 11 is 3.32. The summed E-state index contributed by atoms with van der Waals surface area (Å²) in [7, 11) is 0. The maximum absolute atomic E-state index is 14.1. The van der Waals surface area contributed by atoms with E-state index in [0.717, 1.165) is 11.3 Å². The van der Waals surface area contributed by atoms with Gasteiger partial charge >= 0.3 is 0 Å². The van der Waals surface area contributed by atoms with Crippen molar-refractivity contribution in [2.45, 2.75) is 25.6 Å². The van der Waals surface area contributed by atoms with E-state index in [-0.39, 0.29) is 17.7 Å². The zero-order valence-corrected chi connectivity index (χ0v) is 20.8. The molecule has 182 valence electrons. The largest absolute Gasteiger partial charge is 0.460 e. The molecule has 36 heavy (non-hydrogen) atoms. The summed E-state index contributed by atoms with van der Waals surface area (Å²) in [6.07, 6.45) is 0.849. The van der Waals surface area contributed by atoms with E-state index in [1.807, 2.05) is 37.3 Å². The number of fused-ring (bicyclic) bond motifs is 5. The lowest BCUT2D eigenvalue weighted by molar-refractivity contribution is -0.146. The molecule has 0 bridgehead atoms. The first-order valence-corrected chi connectivity index (χ1v) is 12.3. The Balaban J connectivity index is 1.38. The fourth-order valence-corrected chi connectivity index (χ4v) is 5.32. The van der Waals surface area contributed by atoms with Crippen LogP contribution in [0.3, 0.4) is 0 Å². The van der Waals surface area contributed by atoms with Gasteiger partial charge in [0.2, 0.25) is 5.91 Å². The van der Waals surface area contributed by atoms with Crippen LogP contribution in [0.4, 0.5) is 11.6 Å². The molecule has 1 aromatic carbocycles. The lowest BCUT2D eigenvalue weighted by Gasteiger charge is -2.33. The first-order valence-electron chi connectivity index (χ1n) is 11.5. The van der Waals surface area contributed by atoms with Gasteiger partial charge in [0.05, 0.1) is 11.1 Å². The highest BCUT2D eigenvalue weighted by Gasteiger charge is 2.44. The molecule has 11 heteroatoms. The number of nitrogens with zero attached hydrogens (tertiary/aromatic N) is 5. The van der Waals surface area contributed by atoms with E-state index in [1.165, 1.54) is 6.33 Å². The van der Waals surface area contributed by atoms with Crippen LogP contribution in [0.15, 0.2) is 59.5 Å². The second kappa shape index (κ2) is 8.59. The maximum Gasteiger partial charge on any atom is 0.286 e. The zero-order valence-electron chi connectivity index (χ0n) is 19.3. The monoisotopic (exact) mass is 547 g/mol. The number of anilines is 2. The highest BCUT2D eigenvalue weighted by Crippen LogP contribution is 2.43. The molecule has 10 nitrogen and oxygen atoms in total. The van der Waals surface area contributed by atoms with E-state index < -0.39 is 12.3 Å². The van der Waals surface area contributed by atoms with Crippen LogP contribution < -0.4 is 15.8 Å². The van der Waals surface area contributed by atoms with Gasteiger partial charge < -0.3 is 20.7 Å². The molecule has 3 aromatic heterocycles. The number of aromatic nitrogens is 4. The standard InChI is InChI=1S/C25H22BrN7O3/c1-13-9-17(23(34)31-20-8-4-7-19(26)30-20)32(11-13)24(35)25-33-16(14-5-2-3-6-18(14)36-25)10-15-21(27)28-12-29-22(15)33/h2-8,10,12-13,17,25H,9,11H2,1H3,(H2,27,28,29)(H,30,31,34)/t13-,17+,25?/m0/s1. The van der Waals surface area contributed by atoms with Crippen molar-refractivity contribution in [1.29, 1.82) is 0 Å². The number of hydrogen-bond donors (Lipinski definition) is 2. The molecule has 4 aromatic rings. The number of carbonyl (C=O) groups excluding carboxylic acids is 2. The Labute approximate surface area is 214 Å². The molecule has 0 radical (unpaired) electrons. The van der Waals surface area contributed by atoms with E-state index >= 15 is 0 Å². The first-order chi connectivity index (χ1) is 17.4. The van der Waals surface area contributed by atoms with E-state index in [4.69, 9.17) is 10.5 Å². The minimum Gasteiger partial charge on any atom is -0.460 e. The second-order valence-electron chi connectivity index (χ2n) is 9.04. The predicted molar refractivity (Wildman–Crippen MR) is 137 cm³/mol. The van der Waals surface area contributed by atoms with Crippen molar-refractivity contribution in [1.82, 2.24) is 24.4 Å². The number of benzene rings is 1. The van der Waals surface area contributed by atoms with Gasteiger partial charge in [0, 0.05) is 12.1 Å². The average molecular weight is 548 g/mol. The van der Waals surface area contributed by atoms with Crippen molar-refractivity contribution >= 4 is 50.4 Å². The molecular weight excluding hydrogens is 526 g/mol. The summed E-state index contributed by atoms with van der Waals surface area (Å²) in [4.78, 5) is 41.7. The first kappa shape index (κ1) is 22.5. The van der Waals surface area contributed by atoms with Crippen LogP contribution in [-0.4, -0.2) is 48.8 Å². The van der Waals surface area contributed by atoms with Crippen LogP contribution >= 0.6 is 15.9 Å². The number of carbonyl (C=O) groups is 2. The topological polar surface area (TPSA) is 128 Å². The molecule has 3 atom stereocenters. The van der Waals surface area contributed by atoms with E-state index in [1.54, 1.807) is 27.7 Å². The molecule has 2 aliphatic heterocycles. The lowest BCUT2D eigenvalue weighted by Crippen LogP contribution is -2.48. The van der Waals surface area contributed by atoms with Crippen LogP contribution in [0.5, 0.6) is 5.75 Å². The van der Waals surface area contributed by atoms with Gasteiger partial charge in [-0.1, -0.05) is 25.1 Å². The number of ether oxygens (including phenoxy) is 1. The molecule has 1 unspecified atom stereocenters. The van der Waals surface area contributed by atoms with Crippen LogP contribution in [0.25, 0.3) is 22.3 Å². The molecule has 5 heterocycles. The number of hydrogen-bond acceptors (Lipinski definition) is 7. The molecule has 1 fully saturated rings. The summed E-state index contributed by atoms with van der Waals surface area (Å²) in [6, 6.07) is 14.0. The third kappa shape index (κ3) is 3.67. The van der Waals surface area contributed by atoms with E-state index in [0.29, 0.717) is 46.0 Å². The number of rotatable bonds is 3. The molecule has 2 aliphatic rings. The van der Waals surface area contributed by atoms with Gasteiger partial charge in [-0.05, 0) is 58.6 Å². The summed E-state index contributed by atoms with van der Waals surface area (Å²) < 4.78 is 8.61. The van der Waals surface area contributed by atoms with Gasteiger partial charge in [0.15, 0.2) is 0 Å². The van der Waals surface area contributed by atoms with Gasteiger partial charge in [-0.3, -0.25) is 14.2 Å². The molecular formula is C25H22BrN7O3. The predicted octanol–water partition coefficient (Wildman–Crippen LogP) is 3.60. The van der Waals surface area contributed by atoms with Gasteiger partial charge in [-0.25, -0.2) is 15.0 Å². The van der Waals surface area contributed by atoms with Gasteiger partial charge in [0.1, 0.15) is 40.0 Å². The van der Waals surface area contributed by atoms with Gasteiger partial charge in [-0.2, -0.15) is 0 Å². The molecule has 0 aliphatic carbocycles. The Morgan fingerprint density at radius 1 is 1.17 bits per heavy atom. The Kier molecular flexibility index (Phi) is 5.36.